The average Bonchev–Trinajstić information content (AvgIpc) is 3.52. The van der Waals surface area contributed by atoms with Gasteiger partial charge in [0.1, 0.15) is 0 Å². The van der Waals surface area contributed by atoms with E-state index in [1.54, 1.807) is 12.1 Å². The van der Waals surface area contributed by atoms with E-state index >= 15 is 0 Å². The number of hydrogen-bond acceptors (Lipinski definition) is 0. The molecule has 4 aromatic rings. The third kappa shape index (κ3) is 5.43. The summed E-state index contributed by atoms with van der Waals surface area (Å²) in [6.07, 6.45) is 12.1. The molecule has 0 unspecified atom stereocenters. The minimum Gasteiger partial charge on any atom is -1.00 e. The molecule has 1 fully saturated rings. The predicted molar refractivity (Wildman–Crippen MR) is 168 cm³/mol. The Morgan fingerprint density at radius 2 is 1.21 bits per heavy atom. The largest absolute Gasteiger partial charge is 1.00 e. The molecule has 0 saturated heterocycles. The quantitative estimate of drug-likeness (QED) is 0.261. The Balaban J connectivity index is 0.00000176. The Labute approximate surface area is 272 Å². The van der Waals surface area contributed by atoms with Crippen molar-refractivity contribution in [3.05, 3.63) is 146 Å². The number of halogens is 2. The maximum absolute atomic E-state index is 2.67. The summed E-state index contributed by atoms with van der Waals surface area (Å²) in [5, 5.41) is 0. The summed E-state index contributed by atoms with van der Waals surface area (Å²) in [4.78, 5) is 0. The summed E-state index contributed by atoms with van der Waals surface area (Å²) in [6.45, 7) is 9.58. The van der Waals surface area contributed by atoms with Crippen molar-refractivity contribution in [2.75, 3.05) is 0 Å². The Kier molecular flexibility index (Phi) is 8.89. The third-order valence-electron chi connectivity index (χ3n) is 9.67. The van der Waals surface area contributed by atoms with Crippen LogP contribution in [0.1, 0.15) is 80.3 Å². The van der Waals surface area contributed by atoms with E-state index in [9.17, 15) is 0 Å². The van der Waals surface area contributed by atoms with Crippen molar-refractivity contribution >= 4 is 6.48 Å². The van der Waals surface area contributed by atoms with E-state index in [2.05, 4.69) is 137 Å². The molecule has 0 nitrogen and oxygen atoms in total. The first-order valence-corrected chi connectivity index (χ1v) is 18.5. The summed E-state index contributed by atoms with van der Waals surface area (Å²) < 4.78 is 5.44. The van der Waals surface area contributed by atoms with Crippen molar-refractivity contribution < 1.29 is 46.1 Å². The molecule has 0 amide bonds. The fourth-order valence-electron chi connectivity index (χ4n) is 6.83. The van der Waals surface area contributed by atoms with E-state index in [4.69, 9.17) is 0 Å². The molecule has 0 spiro atoms. The van der Waals surface area contributed by atoms with Gasteiger partial charge in [-0.05, 0) is 0 Å². The molecule has 3 aliphatic carbocycles. The van der Waals surface area contributed by atoms with E-state index in [0.717, 1.165) is 6.42 Å². The monoisotopic (exact) mass is 666 g/mol. The van der Waals surface area contributed by atoms with Crippen LogP contribution < -0.4 is 28.1 Å². The maximum atomic E-state index is 2.67. The molecule has 0 radical (unpaired) electrons. The number of allylic oxidation sites excluding steroid dienone is 4. The molecule has 0 heterocycles. The molecule has 0 aromatic heterocycles. The summed E-state index contributed by atoms with van der Waals surface area (Å²) in [7, 11) is 0. The zero-order valence-corrected chi connectivity index (χ0v) is 28.9. The van der Waals surface area contributed by atoms with Crippen LogP contribution in [0.5, 0.6) is 0 Å². The zero-order valence-electron chi connectivity index (χ0n) is 25.0. The van der Waals surface area contributed by atoms with E-state index in [1.165, 1.54) is 58.2 Å². The minimum atomic E-state index is -2.11. The van der Waals surface area contributed by atoms with Crippen molar-refractivity contribution in [2.24, 2.45) is 0 Å². The van der Waals surface area contributed by atoms with Crippen LogP contribution in [0.3, 0.4) is 0 Å². The topological polar surface area (TPSA) is 0 Å². The Morgan fingerprint density at radius 1 is 0.619 bits per heavy atom. The fourth-order valence-corrected chi connectivity index (χ4v) is 14.7. The van der Waals surface area contributed by atoms with Crippen molar-refractivity contribution in [3.63, 3.8) is 0 Å². The molecule has 0 aliphatic heterocycles. The molecular formula is C39H38Cl2Zr. The molecule has 212 valence electrons. The van der Waals surface area contributed by atoms with Crippen LogP contribution in [0.2, 0.25) is 0 Å². The van der Waals surface area contributed by atoms with Crippen LogP contribution in [-0.2, 0) is 38.5 Å². The van der Waals surface area contributed by atoms with Gasteiger partial charge >= 0.3 is 249 Å². The van der Waals surface area contributed by atoms with Gasteiger partial charge in [-0.25, -0.2) is 0 Å². The van der Waals surface area contributed by atoms with E-state index in [0.29, 0.717) is 0 Å². The van der Waals surface area contributed by atoms with Crippen LogP contribution in [0.4, 0.5) is 0 Å². The van der Waals surface area contributed by atoms with Gasteiger partial charge in [-0.15, -0.1) is 0 Å². The van der Waals surface area contributed by atoms with Crippen molar-refractivity contribution in [1.82, 2.24) is 0 Å². The van der Waals surface area contributed by atoms with E-state index < -0.39 is 21.3 Å². The average molecular weight is 669 g/mol. The van der Waals surface area contributed by atoms with Gasteiger partial charge in [-0.2, -0.15) is 0 Å². The molecular weight excluding hydrogens is 631 g/mol. The molecule has 0 N–H and O–H groups in total. The Morgan fingerprint density at radius 3 is 1.79 bits per heavy atom. The maximum Gasteiger partial charge on any atom is -1.00 e. The van der Waals surface area contributed by atoms with Crippen molar-refractivity contribution in [1.29, 1.82) is 0 Å². The summed E-state index contributed by atoms with van der Waals surface area (Å²) in [5.74, 6) is 0. The number of hydrogen-bond donors (Lipinski definition) is 0. The van der Waals surface area contributed by atoms with Crippen molar-refractivity contribution in [2.45, 2.75) is 64.2 Å². The number of benzene rings is 4. The molecule has 0 bridgehead atoms. The van der Waals surface area contributed by atoms with Gasteiger partial charge in [0.15, 0.2) is 0 Å². The predicted octanol–water partition coefficient (Wildman–Crippen LogP) is 2.97. The zero-order chi connectivity index (χ0) is 27.5. The molecule has 1 saturated carbocycles. The molecule has 3 aliphatic rings. The SMILES string of the molecule is CC(C)(c1ccccc1)c1ccc2c(c1)-c1cc(C(C)(C)c3ccccc3)c[c]([Zr+2]([C]3=CC=CC3)=[C]3CC3)c1C2.[Cl-].[Cl-]. The van der Waals surface area contributed by atoms with Gasteiger partial charge in [0, 0.05) is 0 Å². The van der Waals surface area contributed by atoms with Crippen LogP contribution in [0.25, 0.3) is 11.1 Å². The van der Waals surface area contributed by atoms with Crippen molar-refractivity contribution in [3.8, 4) is 11.1 Å². The van der Waals surface area contributed by atoms with Crippen LogP contribution in [0.15, 0.2) is 113 Å². The molecule has 4 aromatic carbocycles. The van der Waals surface area contributed by atoms with Gasteiger partial charge < -0.3 is 24.8 Å². The third-order valence-corrected chi connectivity index (χ3v) is 17.5. The fraction of sp³-hybridized carbons (Fsp3) is 0.256. The normalized spacial score (nSPS) is 14.6. The van der Waals surface area contributed by atoms with Gasteiger partial charge in [0.2, 0.25) is 0 Å². The Hall–Kier alpha value is -2.31. The summed E-state index contributed by atoms with van der Waals surface area (Å²) in [6, 6.07) is 34.7. The van der Waals surface area contributed by atoms with Crippen LogP contribution >= 0.6 is 0 Å². The first kappa shape index (κ1) is 31.1. The van der Waals surface area contributed by atoms with E-state index in [1.807, 2.05) is 3.21 Å². The second-order valence-corrected chi connectivity index (χ2v) is 19.4. The smallest absolute Gasteiger partial charge is 1.00 e. The van der Waals surface area contributed by atoms with Gasteiger partial charge in [0.25, 0.3) is 0 Å². The van der Waals surface area contributed by atoms with Crippen LogP contribution in [0, 0.1) is 0 Å². The second-order valence-electron chi connectivity index (χ2n) is 12.9. The first-order chi connectivity index (χ1) is 19.3. The first-order valence-electron chi connectivity index (χ1n) is 14.8. The minimum absolute atomic E-state index is 0. The van der Waals surface area contributed by atoms with Gasteiger partial charge in [-0.3, -0.25) is 0 Å². The number of fused-ring (bicyclic) bond motifs is 3. The molecule has 0 atom stereocenters. The second kappa shape index (κ2) is 12.0. The summed E-state index contributed by atoms with van der Waals surface area (Å²) in [5.41, 5.74) is 11.6. The van der Waals surface area contributed by atoms with Gasteiger partial charge in [-0.1, -0.05) is 0 Å². The van der Waals surface area contributed by atoms with Gasteiger partial charge in [0.05, 0.1) is 0 Å². The molecule has 3 heteroatoms. The number of rotatable bonds is 6. The molecule has 42 heavy (non-hydrogen) atoms. The summed E-state index contributed by atoms with van der Waals surface area (Å²) >= 11 is -2.11. The molecule has 7 rings (SSSR count). The Bertz CT molecular complexity index is 1720. The van der Waals surface area contributed by atoms with E-state index in [-0.39, 0.29) is 35.6 Å². The standard InChI is InChI=1S/C31H29.C5H5.C3H4.2ClH.Zr/c1-30(2,24-11-7-5-8-12-24)26-17-15-22-19-23-16-18-27(21-29(23)28(22)20-26)31(3,4)25-13-9-6-10-14-25;1-2-4-5-3-1;1-2-3-1;;;/h5-15,17-18,20-21H,19H2,1-4H3;1-3H,4H2;1-2H2;2*1H;/q;;;;;+2/p-2. The van der Waals surface area contributed by atoms with Crippen LogP contribution in [-0.4, -0.2) is 3.21 Å².